The zero-order valence-electron chi connectivity index (χ0n) is 11.6. The lowest BCUT2D eigenvalue weighted by Gasteiger charge is -2.27. The predicted molar refractivity (Wildman–Crippen MR) is 72.9 cm³/mol. The molecule has 0 aromatic heterocycles. The third kappa shape index (κ3) is 5.78. The summed E-state index contributed by atoms with van der Waals surface area (Å²) in [5.41, 5.74) is 0. The number of carbonyl (C=O) groups is 1. The van der Waals surface area contributed by atoms with Crippen LogP contribution >= 0.6 is 0 Å². The molecule has 0 aromatic carbocycles. The number of rotatable bonds is 7. The zero-order valence-corrected chi connectivity index (χ0v) is 11.6. The van der Waals surface area contributed by atoms with Crippen molar-refractivity contribution >= 4 is 6.03 Å². The molecule has 0 saturated heterocycles. The van der Waals surface area contributed by atoms with Gasteiger partial charge in [-0.05, 0) is 50.4 Å². The Bertz CT molecular complexity index is 274. The average Bonchev–Trinajstić information content (AvgIpc) is 3.23. The molecule has 0 heterocycles. The molecule has 0 spiro atoms. The van der Waals surface area contributed by atoms with Gasteiger partial charge in [-0.1, -0.05) is 0 Å². The van der Waals surface area contributed by atoms with Gasteiger partial charge in [0.15, 0.2) is 0 Å². The smallest absolute Gasteiger partial charge is 0.315 e. The van der Waals surface area contributed by atoms with E-state index in [4.69, 9.17) is 9.84 Å². The number of ether oxygens (including phenoxy) is 1. The predicted octanol–water partition coefficient (Wildman–Crippen LogP) is 1.26. The zero-order chi connectivity index (χ0) is 13.5. The number of hydrogen-bond acceptors (Lipinski definition) is 3. The highest BCUT2D eigenvalue weighted by Crippen LogP contribution is 2.28. The summed E-state index contributed by atoms with van der Waals surface area (Å²) < 4.78 is 5.46. The molecule has 0 atom stereocenters. The molecule has 5 heteroatoms. The second-order valence-corrected chi connectivity index (χ2v) is 5.82. The summed E-state index contributed by atoms with van der Waals surface area (Å²) in [7, 11) is 0. The Morgan fingerprint density at radius 2 is 1.79 bits per heavy atom. The summed E-state index contributed by atoms with van der Waals surface area (Å²) in [5.74, 6) is 1.20. The molecule has 2 fully saturated rings. The maximum absolute atomic E-state index is 11.6. The van der Waals surface area contributed by atoms with Crippen LogP contribution in [0, 0.1) is 11.8 Å². The van der Waals surface area contributed by atoms with Crippen LogP contribution in [0.3, 0.4) is 0 Å². The molecule has 110 valence electrons. The van der Waals surface area contributed by atoms with E-state index < -0.39 is 0 Å². The van der Waals surface area contributed by atoms with Gasteiger partial charge in [0.25, 0.3) is 0 Å². The largest absolute Gasteiger partial charge is 0.396 e. The number of urea groups is 1. The molecule has 3 N–H and O–H groups in total. The molecule has 2 rings (SSSR count). The van der Waals surface area contributed by atoms with Crippen molar-refractivity contribution in [2.45, 2.75) is 44.6 Å². The fourth-order valence-corrected chi connectivity index (χ4v) is 2.50. The molecule has 0 bridgehead atoms. The van der Waals surface area contributed by atoms with Crippen molar-refractivity contribution in [1.29, 1.82) is 0 Å². The second-order valence-electron chi connectivity index (χ2n) is 5.82. The quantitative estimate of drug-likeness (QED) is 0.610. The van der Waals surface area contributed by atoms with Crippen LogP contribution in [-0.4, -0.2) is 43.5 Å². The van der Waals surface area contributed by atoms with E-state index in [1.165, 1.54) is 12.8 Å². The standard InChI is InChI=1S/C14H26N2O3/c17-9-11-3-5-13(6-4-11)16-14(18)15-7-8-19-10-12-1-2-12/h11-13,17H,1-10H2,(H2,15,16,18). The van der Waals surface area contributed by atoms with E-state index >= 15 is 0 Å². The van der Waals surface area contributed by atoms with Crippen LogP contribution in [0.2, 0.25) is 0 Å². The number of aliphatic hydroxyl groups is 1. The van der Waals surface area contributed by atoms with Crippen LogP contribution in [0.4, 0.5) is 4.79 Å². The van der Waals surface area contributed by atoms with Gasteiger partial charge in [0.05, 0.1) is 6.61 Å². The summed E-state index contributed by atoms with van der Waals surface area (Å²) in [5, 5.41) is 14.9. The summed E-state index contributed by atoms with van der Waals surface area (Å²) in [4.78, 5) is 11.6. The molecule has 5 nitrogen and oxygen atoms in total. The number of carbonyl (C=O) groups excluding carboxylic acids is 1. The minimum Gasteiger partial charge on any atom is -0.396 e. The minimum absolute atomic E-state index is 0.0949. The highest BCUT2D eigenvalue weighted by molar-refractivity contribution is 5.74. The van der Waals surface area contributed by atoms with Crippen molar-refractivity contribution in [2.24, 2.45) is 11.8 Å². The Hall–Kier alpha value is -0.810. The first-order valence-corrected chi connectivity index (χ1v) is 7.51. The maximum atomic E-state index is 11.6. The number of nitrogens with one attached hydrogen (secondary N) is 2. The van der Waals surface area contributed by atoms with Crippen LogP contribution in [0.15, 0.2) is 0 Å². The van der Waals surface area contributed by atoms with Gasteiger partial charge >= 0.3 is 6.03 Å². The van der Waals surface area contributed by atoms with Crippen molar-refractivity contribution in [2.75, 3.05) is 26.4 Å². The summed E-state index contributed by atoms with van der Waals surface area (Å²) in [6, 6.07) is 0.164. The van der Waals surface area contributed by atoms with Gasteiger partial charge in [-0.25, -0.2) is 4.79 Å². The van der Waals surface area contributed by atoms with Gasteiger partial charge in [-0.15, -0.1) is 0 Å². The Morgan fingerprint density at radius 1 is 1.11 bits per heavy atom. The first kappa shape index (κ1) is 14.6. The number of aliphatic hydroxyl groups excluding tert-OH is 1. The molecule has 0 aromatic rings. The molecule has 2 aliphatic rings. The lowest BCUT2D eigenvalue weighted by atomic mass is 9.87. The van der Waals surface area contributed by atoms with Crippen LogP contribution in [-0.2, 0) is 4.74 Å². The summed E-state index contributed by atoms with van der Waals surface area (Å²) in [6.07, 6.45) is 6.54. The normalized spacial score (nSPS) is 27.0. The second kappa shape index (κ2) is 7.70. The monoisotopic (exact) mass is 270 g/mol. The van der Waals surface area contributed by atoms with E-state index in [2.05, 4.69) is 10.6 Å². The Labute approximate surface area is 115 Å². The van der Waals surface area contributed by atoms with Gasteiger partial charge < -0.3 is 20.5 Å². The SMILES string of the molecule is O=C(NCCOCC1CC1)NC1CCC(CO)CC1. The van der Waals surface area contributed by atoms with Crippen molar-refractivity contribution in [3.05, 3.63) is 0 Å². The molecular formula is C14H26N2O3. The first-order chi connectivity index (χ1) is 9.28. The molecule has 0 radical (unpaired) electrons. The first-order valence-electron chi connectivity index (χ1n) is 7.51. The molecule has 0 unspecified atom stereocenters. The maximum Gasteiger partial charge on any atom is 0.315 e. The van der Waals surface area contributed by atoms with Gasteiger partial charge in [0, 0.05) is 25.8 Å². The average molecular weight is 270 g/mol. The third-order valence-electron chi connectivity index (χ3n) is 4.02. The molecule has 2 amide bonds. The highest BCUT2D eigenvalue weighted by atomic mass is 16.5. The van der Waals surface area contributed by atoms with Gasteiger partial charge in [0.2, 0.25) is 0 Å². The lowest BCUT2D eigenvalue weighted by Crippen LogP contribution is -2.44. The van der Waals surface area contributed by atoms with E-state index in [1.54, 1.807) is 0 Å². The summed E-state index contributed by atoms with van der Waals surface area (Å²) >= 11 is 0. The molecule has 2 saturated carbocycles. The fourth-order valence-electron chi connectivity index (χ4n) is 2.50. The van der Waals surface area contributed by atoms with Crippen LogP contribution < -0.4 is 10.6 Å². The topological polar surface area (TPSA) is 70.6 Å². The Morgan fingerprint density at radius 3 is 2.42 bits per heavy atom. The van der Waals surface area contributed by atoms with E-state index in [-0.39, 0.29) is 18.7 Å². The van der Waals surface area contributed by atoms with Gasteiger partial charge in [-0.3, -0.25) is 0 Å². The lowest BCUT2D eigenvalue weighted by molar-refractivity contribution is 0.126. The molecular weight excluding hydrogens is 244 g/mol. The Kier molecular flexibility index (Phi) is 5.92. The third-order valence-corrected chi connectivity index (χ3v) is 4.02. The van der Waals surface area contributed by atoms with Crippen LogP contribution in [0.5, 0.6) is 0 Å². The summed E-state index contributed by atoms with van der Waals surface area (Å²) in [6.45, 7) is 2.29. The van der Waals surface area contributed by atoms with E-state index in [9.17, 15) is 4.79 Å². The van der Waals surface area contributed by atoms with E-state index in [1.807, 2.05) is 0 Å². The van der Waals surface area contributed by atoms with Crippen molar-refractivity contribution in [3.8, 4) is 0 Å². The van der Waals surface area contributed by atoms with Gasteiger partial charge in [0.1, 0.15) is 0 Å². The molecule has 0 aliphatic heterocycles. The van der Waals surface area contributed by atoms with Crippen LogP contribution in [0.1, 0.15) is 38.5 Å². The van der Waals surface area contributed by atoms with Gasteiger partial charge in [-0.2, -0.15) is 0 Å². The van der Waals surface area contributed by atoms with Crippen molar-refractivity contribution in [3.63, 3.8) is 0 Å². The molecule has 19 heavy (non-hydrogen) atoms. The minimum atomic E-state index is -0.0949. The number of amides is 2. The highest BCUT2D eigenvalue weighted by Gasteiger charge is 2.22. The van der Waals surface area contributed by atoms with E-state index in [0.717, 1.165) is 38.2 Å². The van der Waals surface area contributed by atoms with Crippen LogP contribution in [0.25, 0.3) is 0 Å². The number of hydrogen-bond donors (Lipinski definition) is 3. The van der Waals surface area contributed by atoms with Crippen molar-refractivity contribution < 1.29 is 14.6 Å². The van der Waals surface area contributed by atoms with E-state index in [0.29, 0.717) is 19.1 Å². The molecule has 2 aliphatic carbocycles. The Balaban J connectivity index is 1.47. The fraction of sp³-hybridized carbons (Fsp3) is 0.929. The van der Waals surface area contributed by atoms with Crippen molar-refractivity contribution in [1.82, 2.24) is 10.6 Å².